The van der Waals surface area contributed by atoms with E-state index in [-0.39, 0.29) is 33.2 Å². The van der Waals surface area contributed by atoms with E-state index < -0.39 is 0 Å². The van der Waals surface area contributed by atoms with Gasteiger partial charge in [0.25, 0.3) is 0 Å². The maximum Gasteiger partial charge on any atom is 0.186 e. The summed E-state index contributed by atoms with van der Waals surface area (Å²) in [4.78, 5) is 27.1. The third kappa shape index (κ3) is 9.44. The predicted molar refractivity (Wildman–Crippen MR) is 226 cm³/mol. The van der Waals surface area contributed by atoms with Crippen molar-refractivity contribution >= 4 is 46.1 Å². The van der Waals surface area contributed by atoms with Crippen molar-refractivity contribution in [3.63, 3.8) is 0 Å². The van der Waals surface area contributed by atoms with Crippen LogP contribution in [0.15, 0.2) is 127 Å². The maximum atomic E-state index is 13.5. The second kappa shape index (κ2) is 16.8. The lowest BCUT2D eigenvalue weighted by molar-refractivity contribution is -0.115. The second-order valence-corrected chi connectivity index (χ2v) is 17.7. The molecule has 0 N–H and O–H groups in total. The molecule has 2 aliphatic rings. The Hall–Kier alpha value is -4.00. The summed E-state index contributed by atoms with van der Waals surface area (Å²) in [7, 11) is 0. The summed E-state index contributed by atoms with van der Waals surface area (Å²) >= 11 is 13.4. The lowest BCUT2D eigenvalue weighted by Gasteiger charge is -2.34. The molecule has 286 valence electrons. The molecular formula is C46H56Cl2N4O2. The average Bonchev–Trinajstić information content (AvgIpc) is 3.13. The maximum absolute atomic E-state index is 13.5. The van der Waals surface area contributed by atoms with Crippen LogP contribution in [0.25, 0.3) is 11.1 Å². The topological polar surface area (TPSA) is 83.6 Å². The van der Waals surface area contributed by atoms with Crippen LogP contribution >= 0.6 is 23.2 Å². The molecule has 0 unspecified atom stereocenters. The van der Waals surface area contributed by atoms with Crippen molar-refractivity contribution in [1.82, 2.24) is 0 Å². The Morgan fingerprint density at radius 3 is 1.02 bits per heavy atom. The van der Waals surface area contributed by atoms with Gasteiger partial charge in [0.2, 0.25) is 0 Å². The van der Waals surface area contributed by atoms with Crippen molar-refractivity contribution in [2.75, 3.05) is 0 Å². The van der Waals surface area contributed by atoms with E-state index in [0.717, 1.165) is 70.2 Å². The van der Waals surface area contributed by atoms with Gasteiger partial charge in [-0.05, 0) is 118 Å². The summed E-state index contributed by atoms with van der Waals surface area (Å²) in [5.41, 5.74) is 6.53. The van der Waals surface area contributed by atoms with Gasteiger partial charge in [0.05, 0.1) is 22.4 Å². The number of rotatable bonds is 13. The number of nitrogens with zero attached hydrogens (tertiary/aromatic N) is 4. The van der Waals surface area contributed by atoms with E-state index >= 15 is 0 Å². The SMILES string of the molecule is CCC(C)(C)C1=CC(=C/N=N/c2ccc(-c3ccc(/N=N/C=C4C=C(C(C)(C)CC)C(=O)C(C(C)(C)CC)=C4)c(Cl)c3)cc2Cl)C=C(C(C)(C)CC)C1=O. The first-order valence-electron chi connectivity index (χ1n) is 19.0. The molecular weight excluding hydrogens is 711 g/mol. The average molecular weight is 768 g/mol. The second-order valence-electron chi connectivity index (χ2n) is 16.9. The van der Waals surface area contributed by atoms with Gasteiger partial charge in [-0.1, -0.05) is 118 Å². The first kappa shape index (κ1) is 42.7. The molecule has 2 aromatic carbocycles. The van der Waals surface area contributed by atoms with Crippen molar-refractivity contribution in [3.8, 4) is 11.1 Å². The minimum absolute atomic E-state index is 0.109. The molecule has 0 saturated heterocycles. The molecule has 0 fully saturated rings. The number of carbonyl (C=O) groups excluding carboxylic acids is 2. The van der Waals surface area contributed by atoms with Gasteiger partial charge < -0.3 is 0 Å². The van der Waals surface area contributed by atoms with Crippen LogP contribution in [0.5, 0.6) is 0 Å². The molecule has 0 saturated carbocycles. The molecule has 8 heteroatoms. The van der Waals surface area contributed by atoms with Crippen LogP contribution in [0.2, 0.25) is 10.0 Å². The number of azo groups is 2. The van der Waals surface area contributed by atoms with E-state index in [4.69, 9.17) is 23.2 Å². The van der Waals surface area contributed by atoms with Crippen molar-refractivity contribution in [3.05, 3.63) is 117 Å². The van der Waals surface area contributed by atoms with Gasteiger partial charge in [0.15, 0.2) is 11.6 Å². The number of carbonyl (C=O) groups is 2. The van der Waals surface area contributed by atoms with Crippen LogP contribution in [-0.4, -0.2) is 11.6 Å². The Morgan fingerprint density at radius 2 is 0.778 bits per heavy atom. The lowest BCUT2D eigenvalue weighted by Crippen LogP contribution is -2.30. The molecule has 0 atom stereocenters. The van der Waals surface area contributed by atoms with Crippen LogP contribution in [0.3, 0.4) is 0 Å². The van der Waals surface area contributed by atoms with Crippen molar-refractivity contribution in [2.24, 2.45) is 42.1 Å². The van der Waals surface area contributed by atoms with E-state index in [1.807, 2.05) is 60.7 Å². The number of Topliss-reactive ketones (excluding diaryl/α,β-unsaturated/α-hetero) is 2. The Morgan fingerprint density at radius 1 is 0.500 bits per heavy atom. The summed E-state index contributed by atoms with van der Waals surface area (Å²) in [5.74, 6) is 0.219. The van der Waals surface area contributed by atoms with Gasteiger partial charge in [0.1, 0.15) is 11.4 Å². The highest BCUT2D eigenvalue weighted by atomic mass is 35.5. The minimum Gasteiger partial charge on any atom is -0.289 e. The highest BCUT2D eigenvalue weighted by molar-refractivity contribution is 6.34. The normalized spacial score (nSPS) is 16.2. The fourth-order valence-corrected chi connectivity index (χ4v) is 6.51. The molecule has 0 spiro atoms. The van der Waals surface area contributed by atoms with E-state index in [1.54, 1.807) is 12.4 Å². The molecule has 6 nitrogen and oxygen atoms in total. The van der Waals surface area contributed by atoms with Crippen LogP contribution in [0, 0.1) is 21.7 Å². The molecule has 0 aromatic heterocycles. The van der Waals surface area contributed by atoms with Gasteiger partial charge in [-0.15, -0.1) is 10.2 Å². The van der Waals surface area contributed by atoms with Crippen LogP contribution in [-0.2, 0) is 9.59 Å². The van der Waals surface area contributed by atoms with Crippen molar-refractivity contribution in [1.29, 1.82) is 0 Å². The fraction of sp³-hybridized carbons (Fsp3) is 0.435. The number of hydrogen-bond donors (Lipinski definition) is 0. The van der Waals surface area contributed by atoms with Crippen LogP contribution in [0.1, 0.15) is 109 Å². The lowest BCUT2D eigenvalue weighted by atomic mass is 9.69. The van der Waals surface area contributed by atoms with E-state index in [2.05, 4.69) is 104 Å². The van der Waals surface area contributed by atoms with E-state index in [9.17, 15) is 9.59 Å². The highest BCUT2D eigenvalue weighted by Crippen LogP contribution is 2.44. The van der Waals surface area contributed by atoms with Crippen LogP contribution in [0.4, 0.5) is 11.4 Å². The zero-order chi connectivity index (χ0) is 40.2. The summed E-state index contributed by atoms with van der Waals surface area (Å²) in [6, 6.07) is 11.1. The molecule has 0 amide bonds. The number of ketones is 2. The molecule has 0 heterocycles. The Labute approximate surface area is 333 Å². The quantitative estimate of drug-likeness (QED) is 0.190. The monoisotopic (exact) mass is 766 g/mol. The summed E-state index contributed by atoms with van der Waals surface area (Å²) < 4.78 is 0. The molecule has 0 bridgehead atoms. The van der Waals surface area contributed by atoms with Crippen LogP contribution < -0.4 is 0 Å². The highest BCUT2D eigenvalue weighted by Gasteiger charge is 2.38. The molecule has 2 aromatic rings. The van der Waals surface area contributed by atoms with Crippen molar-refractivity contribution < 1.29 is 9.59 Å². The van der Waals surface area contributed by atoms with Gasteiger partial charge in [-0.2, -0.15) is 10.2 Å². The zero-order valence-electron chi connectivity index (χ0n) is 34.1. The van der Waals surface area contributed by atoms with Crippen molar-refractivity contribution in [2.45, 2.75) is 109 Å². The minimum atomic E-state index is -0.268. The molecule has 4 rings (SSSR count). The predicted octanol–water partition coefficient (Wildman–Crippen LogP) is 15.2. The molecule has 0 radical (unpaired) electrons. The van der Waals surface area contributed by atoms with E-state index in [1.165, 1.54) is 0 Å². The summed E-state index contributed by atoms with van der Waals surface area (Å²) in [6.45, 7) is 25.2. The number of hydrogen-bond acceptors (Lipinski definition) is 6. The summed E-state index contributed by atoms with van der Waals surface area (Å²) in [5, 5.41) is 18.5. The Bertz CT molecular complexity index is 1840. The van der Waals surface area contributed by atoms with Gasteiger partial charge in [-0.25, -0.2) is 0 Å². The molecule has 2 aliphatic carbocycles. The van der Waals surface area contributed by atoms with E-state index in [0.29, 0.717) is 21.4 Å². The van der Waals surface area contributed by atoms with Gasteiger partial charge in [-0.3, -0.25) is 9.59 Å². The third-order valence-electron chi connectivity index (χ3n) is 11.6. The number of benzene rings is 2. The van der Waals surface area contributed by atoms with Gasteiger partial charge in [0, 0.05) is 22.3 Å². The first-order chi connectivity index (χ1) is 25.2. The number of allylic oxidation sites excluding steroid dienone is 10. The largest absolute Gasteiger partial charge is 0.289 e. The number of halogens is 2. The standard InChI is InChI=1S/C46H56Cl2N4O2/c1-13-43(5,6)33-21-29(22-34(41(33)53)44(7,8)14-2)27-49-51-39-19-17-31(25-37(39)47)32-18-20-40(38(48)26-32)52-50-28-30-23-35(45(9,10)15-3)42(54)36(24-30)46(11,12)16-4/h17-28H,13-16H2,1-12H3/b51-49+,52-50+. The Kier molecular flexibility index (Phi) is 13.3. The van der Waals surface area contributed by atoms with Gasteiger partial charge >= 0.3 is 0 Å². The molecule has 54 heavy (non-hydrogen) atoms. The summed E-state index contributed by atoms with van der Waals surface area (Å²) in [6.07, 6.45) is 14.5. The zero-order valence-corrected chi connectivity index (χ0v) is 35.6. The Balaban J connectivity index is 1.57. The molecule has 0 aliphatic heterocycles. The first-order valence-corrected chi connectivity index (χ1v) is 19.8. The third-order valence-corrected chi connectivity index (χ3v) is 12.3. The fourth-order valence-electron chi connectivity index (χ4n) is 6.07. The smallest absolute Gasteiger partial charge is 0.186 e.